The maximum absolute atomic E-state index is 13.1. The SMILES string of the molecule is NCC(F)(F)CC1COc2ccccc2C1. The fourth-order valence-corrected chi connectivity index (χ4v) is 2.03. The Kier molecular flexibility index (Phi) is 3.10. The lowest BCUT2D eigenvalue weighted by molar-refractivity contribution is -0.0216. The summed E-state index contributed by atoms with van der Waals surface area (Å²) < 4.78 is 31.7. The van der Waals surface area contributed by atoms with E-state index in [1.54, 1.807) is 0 Å². The average Bonchev–Trinajstić information content (AvgIpc) is 2.28. The number of halogens is 2. The highest BCUT2D eigenvalue weighted by Gasteiger charge is 2.33. The summed E-state index contributed by atoms with van der Waals surface area (Å²) in [6.45, 7) is -0.238. The van der Waals surface area contributed by atoms with Crippen molar-refractivity contribution in [1.82, 2.24) is 0 Å². The van der Waals surface area contributed by atoms with Crippen molar-refractivity contribution in [3.8, 4) is 5.75 Å². The lowest BCUT2D eigenvalue weighted by Crippen LogP contribution is -2.34. The highest BCUT2D eigenvalue weighted by atomic mass is 19.3. The van der Waals surface area contributed by atoms with Crippen LogP contribution in [0.25, 0.3) is 0 Å². The van der Waals surface area contributed by atoms with Gasteiger partial charge < -0.3 is 10.5 Å². The zero-order valence-electron chi connectivity index (χ0n) is 8.96. The quantitative estimate of drug-likeness (QED) is 0.859. The Bertz CT molecular complexity index is 368. The van der Waals surface area contributed by atoms with Gasteiger partial charge >= 0.3 is 0 Å². The summed E-state index contributed by atoms with van der Waals surface area (Å²) in [7, 11) is 0. The highest BCUT2D eigenvalue weighted by molar-refractivity contribution is 5.35. The summed E-state index contributed by atoms with van der Waals surface area (Å²) >= 11 is 0. The van der Waals surface area contributed by atoms with Crippen LogP contribution in [0.4, 0.5) is 8.78 Å². The van der Waals surface area contributed by atoms with Crippen molar-refractivity contribution in [3.05, 3.63) is 29.8 Å². The predicted molar refractivity (Wildman–Crippen MR) is 57.7 cm³/mol. The fraction of sp³-hybridized carbons (Fsp3) is 0.500. The van der Waals surface area contributed by atoms with Crippen LogP contribution in [-0.2, 0) is 6.42 Å². The number of hydrogen-bond donors (Lipinski definition) is 1. The Morgan fingerprint density at radius 1 is 1.38 bits per heavy atom. The molecule has 1 atom stereocenters. The second kappa shape index (κ2) is 4.37. The van der Waals surface area contributed by atoms with Gasteiger partial charge in [0.1, 0.15) is 5.75 Å². The molecule has 2 rings (SSSR count). The van der Waals surface area contributed by atoms with Crippen molar-refractivity contribution in [2.24, 2.45) is 11.7 Å². The zero-order valence-corrected chi connectivity index (χ0v) is 8.96. The molecule has 1 heterocycles. The first-order valence-electron chi connectivity index (χ1n) is 5.39. The molecule has 1 aliphatic rings. The van der Waals surface area contributed by atoms with Gasteiger partial charge in [0.15, 0.2) is 0 Å². The molecule has 1 aliphatic heterocycles. The van der Waals surface area contributed by atoms with E-state index in [1.807, 2.05) is 24.3 Å². The molecule has 0 fully saturated rings. The van der Waals surface area contributed by atoms with E-state index in [0.717, 1.165) is 11.3 Å². The number of para-hydroxylation sites is 1. The average molecular weight is 227 g/mol. The summed E-state index contributed by atoms with van der Waals surface area (Å²) in [4.78, 5) is 0. The van der Waals surface area contributed by atoms with Gasteiger partial charge in [-0.3, -0.25) is 0 Å². The van der Waals surface area contributed by atoms with E-state index in [0.29, 0.717) is 13.0 Å². The first-order valence-corrected chi connectivity index (χ1v) is 5.39. The molecule has 0 bridgehead atoms. The van der Waals surface area contributed by atoms with Gasteiger partial charge in [-0.15, -0.1) is 0 Å². The van der Waals surface area contributed by atoms with Gasteiger partial charge in [-0.2, -0.15) is 0 Å². The van der Waals surface area contributed by atoms with Crippen LogP contribution in [0, 0.1) is 5.92 Å². The molecule has 1 aromatic carbocycles. The molecule has 0 amide bonds. The molecule has 2 nitrogen and oxygen atoms in total. The Labute approximate surface area is 93.4 Å². The predicted octanol–water partition coefficient (Wildman–Crippen LogP) is 2.22. The van der Waals surface area contributed by atoms with Gasteiger partial charge in [-0.25, -0.2) is 8.78 Å². The minimum absolute atomic E-state index is 0.145. The van der Waals surface area contributed by atoms with Crippen molar-refractivity contribution in [3.63, 3.8) is 0 Å². The number of rotatable bonds is 3. The Hall–Kier alpha value is -1.16. The normalized spacial score (nSPS) is 20.1. The van der Waals surface area contributed by atoms with Gasteiger partial charge in [0, 0.05) is 12.3 Å². The summed E-state index contributed by atoms with van der Waals surface area (Å²) in [6.07, 6.45) is 0.448. The number of hydrogen-bond acceptors (Lipinski definition) is 2. The van der Waals surface area contributed by atoms with Gasteiger partial charge in [0.2, 0.25) is 0 Å². The van der Waals surface area contributed by atoms with Crippen molar-refractivity contribution in [1.29, 1.82) is 0 Å². The first kappa shape index (κ1) is 11.3. The molecule has 2 N–H and O–H groups in total. The molecule has 0 aromatic heterocycles. The molecule has 0 aliphatic carbocycles. The number of nitrogens with two attached hydrogens (primary N) is 1. The third kappa shape index (κ3) is 2.50. The Morgan fingerprint density at radius 3 is 2.88 bits per heavy atom. The van der Waals surface area contributed by atoms with Crippen LogP contribution in [-0.4, -0.2) is 19.1 Å². The minimum Gasteiger partial charge on any atom is -0.493 e. The molecule has 0 saturated carbocycles. The summed E-state index contributed by atoms with van der Waals surface area (Å²) in [5, 5.41) is 0. The summed E-state index contributed by atoms with van der Waals surface area (Å²) in [5.41, 5.74) is 6.03. The Balaban J connectivity index is 2.03. The number of benzene rings is 1. The van der Waals surface area contributed by atoms with E-state index in [4.69, 9.17) is 10.5 Å². The maximum Gasteiger partial charge on any atom is 0.260 e. The molecule has 4 heteroatoms. The van der Waals surface area contributed by atoms with Crippen molar-refractivity contribution in [2.75, 3.05) is 13.2 Å². The topological polar surface area (TPSA) is 35.2 Å². The molecular weight excluding hydrogens is 212 g/mol. The van der Waals surface area contributed by atoms with E-state index >= 15 is 0 Å². The number of fused-ring (bicyclic) bond motifs is 1. The Morgan fingerprint density at radius 2 is 2.12 bits per heavy atom. The van der Waals surface area contributed by atoms with Gasteiger partial charge in [-0.05, 0) is 18.1 Å². The van der Waals surface area contributed by atoms with E-state index < -0.39 is 12.5 Å². The van der Waals surface area contributed by atoms with Gasteiger partial charge in [-0.1, -0.05) is 18.2 Å². The smallest absolute Gasteiger partial charge is 0.260 e. The van der Waals surface area contributed by atoms with Crippen LogP contribution in [0.2, 0.25) is 0 Å². The van der Waals surface area contributed by atoms with Crippen LogP contribution in [0.3, 0.4) is 0 Å². The van der Waals surface area contributed by atoms with Gasteiger partial charge in [0.25, 0.3) is 5.92 Å². The number of ether oxygens (including phenoxy) is 1. The maximum atomic E-state index is 13.1. The third-order valence-corrected chi connectivity index (χ3v) is 2.84. The molecule has 0 saturated heterocycles. The molecule has 16 heavy (non-hydrogen) atoms. The minimum atomic E-state index is -2.78. The van der Waals surface area contributed by atoms with Crippen LogP contribution in [0.5, 0.6) is 5.75 Å². The number of alkyl halides is 2. The van der Waals surface area contributed by atoms with E-state index in [9.17, 15) is 8.78 Å². The fourth-order valence-electron chi connectivity index (χ4n) is 2.03. The molecule has 88 valence electrons. The zero-order chi connectivity index (χ0) is 11.6. The van der Waals surface area contributed by atoms with Crippen LogP contribution >= 0.6 is 0 Å². The largest absolute Gasteiger partial charge is 0.493 e. The lowest BCUT2D eigenvalue weighted by Gasteiger charge is -2.27. The monoisotopic (exact) mass is 227 g/mol. The molecular formula is C12H15F2NO. The molecule has 1 aromatic rings. The van der Waals surface area contributed by atoms with Crippen molar-refractivity contribution in [2.45, 2.75) is 18.8 Å². The second-order valence-corrected chi connectivity index (χ2v) is 4.25. The van der Waals surface area contributed by atoms with Crippen molar-refractivity contribution >= 4 is 0 Å². The molecule has 0 radical (unpaired) electrons. The van der Waals surface area contributed by atoms with E-state index in [1.165, 1.54) is 0 Å². The van der Waals surface area contributed by atoms with Gasteiger partial charge in [0.05, 0.1) is 13.2 Å². The second-order valence-electron chi connectivity index (χ2n) is 4.25. The standard InChI is InChI=1S/C12H15F2NO/c13-12(14,8-15)6-9-5-10-3-1-2-4-11(10)16-7-9/h1-4,9H,5-8,15H2. The first-order chi connectivity index (χ1) is 7.61. The summed E-state index contributed by atoms with van der Waals surface area (Å²) in [6, 6.07) is 7.56. The van der Waals surface area contributed by atoms with E-state index in [-0.39, 0.29) is 12.3 Å². The van der Waals surface area contributed by atoms with Crippen LogP contribution in [0.15, 0.2) is 24.3 Å². The lowest BCUT2D eigenvalue weighted by atomic mass is 9.91. The molecule has 1 unspecified atom stereocenters. The third-order valence-electron chi connectivity index (χ3n) is 2.84. The van der Waals surface area contributed by atoms with Crippen LogP contribution < -0.4 is 10.5 Å². The molecule has 0 spiro atoms. The summed E-state index contributed by atoms with van der Waals surface area (Å²) in [5.74, 6) is -2.11. The van der Waals surface area contributed by atoms with Crippen molar-refractivity contribution < 1.29 is 13.5 Å². The van der Waals surface area contributed by atoms with Crippen LogP contribution in [0.1, 0.15) is 12.0 Å². The van der Waals surface area contributed by atoms with E-state index in [2.05, 4.69) is 0 Å². The highest BCUT2D eigenvalue weighted by Crippen LogP contribution is 2.32.